The summed E-state index contributed by atoms with van der Waals surface area (Å²) in [6.07, 6.45) is 15.2. The summed E-state index contributed by atoms with van der Waals surface area (Å²) in [4.78, 5) is 0. The fourth-order valence-corrected chi connectivity index (χ4v) is 4.21. The van der Waals surface area contributed by atoms with E-state index in [0.717, 1.165) is 23.7 Å². The van der Waals surface area contributed by atoms with E-state index in [0.29, 0.717) is 0 Å². The fourth-order valence-electron chi connectivity index (χ4n) is 4.21. The number of fused-ring (bicyclic) bond motifs is 1. The van der Waals surface area contributed by atoms with Crippen molar-refractivity contribution in [2.45, 2.75) is 78.1 Å². The Hall–Kier alpha value is 0. The van der Waals surface area contributed by atoms with Gasteiger partial charge < -0.3 is 0 Å². The molecule has 2 aliphatic carbocycles. The van der Waals surface area contributed by atoms with Crippen LogP contribution < -0.4 is 0 Å². The smallest absolute Gasteiger partial charge is 0.0358 e. The van der Waals surface area contributed by atoms with Gasteiger partial charge >= 0.3 is 0 Å². The first kappa shape index (κ1) is 12.5. The summed E-state index contributed by atoms with van der Waals surface area (Å²) in [5, 5.41) is 0. The van der Waals surface area contributed by atoms with E-state index >= 15 is 0 Å². The zero-order valence-corrected chi connectivity index (χ0v) is 11.4. The third-order valence-electron chi connectivity index (χ3n) is 5.27. The first-order chi connectivity index (χ1) is 7.77. The molecule has 4 atom stereocenters. The van der Waals surface area contributed by atoms with Gasteiger partial charge in [0.1, 0.15) is 0 Å². The van der Waals surface area contributed by atoms with E-state index in [-0.39, 0.29) is 0 Å². The summed E-state index contributed by atoms with van der Waals surface area (Å²) in [5.41, 5.74) is 0. The highest BCUT2D eigenvalue weighted by atomic mass is 14.4. The maximum Gasteiger partial charge on any atom is -0.0358 e. The van der Waals surface area contributed by atoms with Crippen LogP contribution in [0, 0.1) is 23.7 Å². The van der Waals surface area contributed by atoms with Gasteiger partial charge in [-0.1, -0.05) is 71.6 Å². The van der Waals surface area contributed by atoms with Crippen LogP contribution in [0.4, 0.5) is 0 Å². The topological polar surface area (TPSA) is 0 Å². The fraction of sp³-hybridized carbons (Fsp3) is 1.00. The van der Waals surface area contributed by atoms with Crippen LogP contribution in [0.3, 0.4) is 0 Å². The molecule has 2 saturated carbocycles. The van der Waals surface area contributed by atoms with Crippen molar-refractivity contribution in [3.05, 3.63) is 0 Å². The zero-order chi connectivity index (χ0) is 11.4. The van der Waals surface area contributed by atoms with Gasteiger partial charge in [0.15, 0.2) is 0 Å². The Balaban J connectivity index is 2.03. The van der Waals surface area contributed by atoms with Gasteiger partial charge in [0.25, 0.3) is 0 Å². The normalized spacial score (nSPS) is 42.4. The Morgan fingerprint density at radius 3 is 2.12 bits per heavy atom. The monoisotopic (exact) mass is 222 g/mol. The van der Waals surface area contributed by atoms with E-state index in [2.05, 4.69) is 13.8 Å². The maximum atomic E-state index is 2.54. The molecule has 0 saturated heterocycles. The van der Waals surface area contributed by atoms with Gasteiger partial charge in [0.05, 0.1) is 0 Å². The predicted molar refractivity (Wildman–Crippen MR) is 71.5 cm³/mol. The molecule has 0 aromatic heterocycles. The van der Waals surface area contributed by atoms with Gasteiger partial charge in [0.2, 0.25) is 0 Å². The van der Waals surface area contributed by atoms with Gasteiger partial charge in [-0.2, -0.15) is 0 Å². The second kappa shape index (κ2) is 6.07. The predicted octanol–water partition coefficient (Wildman–Crippen LogP) is 5.42. The lowest BCUT2D eigenvalue weighted by Crippen LogP contribution is -2.27. The zero-order valence-electron chi connectivity index (χ0n) is 11.4. The Morgan fingerprint density at radius 2 is 1.31 bits per heavy atom. The lowest BCUT2D eigenvalue weighted by Gasteiger charge is -2.37. The first-order valence-electron chi connectivity index (χ1n) is 7.77. The standard InChI is InChI=1S/C16H30/c1-13-8-6-7-11-15-10-5-3-4-9-14(2)16(15)12-13/h13-16H,3-12H2,1-2H3. The van der Waals surface area contributed by atoms with E-state index in [1.54, 1.807) is 12.8 Å². The molecule has 0 aromatic carbocycles. The number of rotatable bonds is 0. The van der Waals surface area contributed by atoms with Crippen molar-refractivity contribution in [1.29, 1.82) is 0 Å². The van der Waals surface area contributed by atoms with Crippen LogP contribution in [0.2, 0.25) is 0 Å². The molecule has 0 bridgehead atoms. The van der Waals surface area contributed by atoms with E-state index < -0.39 is 0 Å². The van der Waals surface area contributed by atoms with Crippen molar-refractivity contribution >= 4 is 0 Å². The van der Waals surface area contributed by atoms with Crippen molar-refractivity contribution in [2.24, 2.45) is 23.7 Å². The molecule has 0 heterocycles. The van der Waals surface area contributed by atoms with E-state index in [1.165, 1.54) is 51.4 Å². The minimum absolute atomic E-state index is 0.995. The molecule has 0 N–H and O–H groups in total. The largest absolute Gasteiger partial charge is 0.0625 e. The van der Waals surface area contributed by atoms with Crippen molar-refractivity contribution in [2.75, 3.05) is 0 Å². The molecule has 2 aliphatic rings. The second-order valence-corrected chi connectivity index (χ2v) is 6.66. The molecule has 0 amide bonds. The molecule has 2 fully saturated rings. The molecular weight excluding hydrogens is 192 g/mol. The highest BCUT2D eigenvalue weighted by molar-refractivity contribution is 4.80. The van der Waals surface area contributed by atoms with Crippen LogP contribution in [-0.4, -0.2) is 0 Å². The first-order valence-corrected chi connectivity index (χ1v) is 7.77. The Morgan fingerprint density at radius 1 is 0.688 bits per heavy atom. The molecule has 0 spiro atoms. The van der Waals surface area contributed by atoms with Crippen molar-refractivity contribution < 1.29 is 0 Å². The highest BCUT2D eigenvalue weighted by Gasteiger charge is 2.30. The van der Waals surface area contributed by atoms with Gasteiger partial charge in [-0.05, 0) is 30.1 Å². The molecule has 16 heavy (non-hydrogen) atoms. The summed E-state index contributed by atoms with van der Waals surface area (Å²) in [5.74, 6) is 4.15. The van der Waals surface area contributed by atoms with Gasteiger partial charge in [-0.15, -0.1) is 0 Å². The number of hydrogen-bond acceptors (Lipinski definition) is 0. The Bertz CT molecular complexity index is 194. The van der Waals surface area contributed by atoms with Crippen molar-refractivity contribution in [1.82, 2.24) is 0 Å². The van der Waals surface area contributed by atoms with Crippen LogP contribution in [-0.2, 0) is 0 Å². The minimum atomic E-state index is 0.995. The van der Waals surface area contributed by atoms with Crippen LogP contribution in [0.15, 0.2) is 0 Å². The maximum absolute atomic E-state index is 2.54. The summed E-state index contributed by atoms with van der Waals surface area (Å²) >= 11 is 0. The summed E-state index contributed by atoms with van der Waals surface area (Å²) in [6.45, 7) is 5.03. The van der Waals surface area contributed by atoms with Crippen LogP contribution in [0.25, 0.3) is 0 Å². The van der Waals surface area contributed by atoms with E-state index in [1.807, 2.05) is 0 Å². The second-order valence-electron chi connectivity index (χ2n) is 6.66. The SMILES string of the molecule is CC1CCCCC2CCCCCC(C)C2C1. The third kappa shape index (κ3) is 3.25. The third-order valence-corrected chi connectivity index (χ3v) is 5.27. The number of hydrogen-bond donors (Lipinski definition) is 0. The molecule has 4 unspecified atom stereocenters. The average molecular weight is 222 g/mol. The molecule has 0 radical (unpaired) electrons. The van der Waals surface area contributed by atoms with Crippen LogP contribution in [0.1, 0.15) is 78.1 Å². The summed E-state index contributed by atoms with van der Waals surface area (Å²) < 4.78 is 0. The van der Waals surface area contributed by atoms with Gasteiger partial charge in [0, 0.05) is 0 Å². The quantitative estimate of drug-likeness (QED) is 0.513. The molecule has 0 heteroatoms. The molecule has 0 aromatic rings. The minimum Gasteiger partial charge on any atom is -0.0625 e. The van der Waals surface area contributed by atoms with Crippen molar-refractivity contribution in [3.63, 3.8) is 0 Å². The Kier molecular flexibility index (Phi) is 4.73. The molecule has 0 nitrogen and oxygen atoms in total. The van der Waals surface area contributed by atoms with E-state index in [4.69, 9.17) is 0 Å². The molecular formula is C16H30. The Labute approximate surface area is 102 Å². The molecule has 0 aliphatic heterocycles. The van der Waals surface area contributed by atoms with Gasteiger partial charge in [-0.25, -0.2) is 0 Å². The van der Waals surface area contributed by atoms with E-state index in [9.17, 15) is 0 Å². The molecule has 94 valence electrons. The van der Waals surface area contributed by atoms with Crippen LogP contribution >= 0.6 is 0 Å². The lowest BCUT2D eigenvalue weighted by atomic mass is 9.68. The summed E-state index contributed by atoms with van der Waals surface area (Å²) in [6, 6.07) is 0. The lowest BCUT2D eigenvalue weighted by molar-refractivity contribution is 0.135. The highest BCUT2D eigenvalue weighted by Crippen LogP contribution is 2.41. The van der Waals surface area contributed by atoms with Crippen LogP contribution in [0.5, 0.6) is 0 Å². The average Bonchev–Trinajstić information content (AvgIpc) is 2.23. The van der Waals surface area contributed by atoms with Gasteiger partial charge in [-0.3, -0.25) is 0 Å². The van der Waals surface area contributed by atoms with Crippen molar-refractivity contribution in [3.8, 4) is 0 Å². The molecule has 2 rings (SSSR count). The summed E-state index contributed by atoms with van der Waals surface area (Å²) in [7, 11) is 0.